The highest BCUT2D eigenvalue weighted by atomic mass is 32.2. The van der Waals surface area contributed by atoms with E-state index in [1.54, 1.807) is 18.5 Å². The maximum Gasteiger partial charge on any atom is 0.251 e. The molecule has 0 radical (unpaired) electrons. The van der Waals surface area contributed by atoms with Crippen LogP contribution in [0.5, 0.6) is 0 Å². The Morgan fingerprint density at radius 3 is 2.79 bits per heavy atom. The number of aliphatic imine (C=N–C) groups is 1. The molecule has 1 atom stereocenters. The Bertz CT molecular complexity index is 794. The van der Waals surface area contributed by atoms with Crippen LogP contribution in [0.4, 0.5) is 11.6 Å². The molecule has 0 spiro atoms. The summed E-state index contributed by atoms with van der Waals surface area (Å²) in [7, 11) is 0. The lowest BCUT2D eigenvalue weighted by Gasteiger charge is -2.09. The Morgan fingerprint density at radius 1 is 1.29 bits per heavy atom. The van der Waals surface area contributed by atoms with Gasteiger partial charge in [0.1, 0.15) is 5.25 Å². The second-order valence-corrected chi connectivity index (χ2v) is 6.32. The molecule has 1 fully saturated rings. The largest absolute Gasteiger partial charge is 0.326 e. The number of amidine groups is 1. The number of aryl methyl sites for hydroxylation is 1. The van der Waals surface area contributed by atoms with E-state index in [2.05, 4.69) is 25.6 Å². The van der Waals surface area contributed by atoms with Crippen LogP contribution in [-0.4, -0.2) is 32.2 Å². The normalized spacial score (nSPS) is 18.5. The standard InChI is InChI=1S/C16H15N5O2S/c1-10-5-2-3-6-11(10)19-13(22)9-12-14(23)20-16(24-12)21-15-17-7-4-8-18-15/h2-8,12H,9H2,1H3,(H,19,22)(H,17,18,20,21,23). The van der Waals surface area contributed by atoms with Gasteiger partial charge in [-0.15, -0.1) is 0 Å². The van der Waals surface area contributed by atoms with Gasteiger partial charge < -0.3 is 10.6 Å². The number of carbonyl (C=O) groups is 2. The highest BCUT2D eigenvalue weighted by Crippen LogP contribution is 2.24. The number of para-hydroxylation sites is 1. The van der Waals surface area contributed by atoms with Crippen molar-refractivity contribution in [2.45, 2.75) is 18.6 Å². The highest BCUT2D eigenvalue weighted by Gasteiger charge is 2.32. The quantitative estimate of drug-likeness (QED) is 0.887. The van der Waals surface area contributed by atoms with Gasteiger partial charge in [-0.2, -0.15) is 4.99 Å². The van der Waals surface area contributed by atoms with Crippen LogP contribution >= 0.6 is 11.8 Å². The second kappa shape index (κ2) is 7.22. The number of hydrogen-bond donors (Lipinski definition) is 2. The van der Waals surface area contributed by atoms with Crippen molar-refractivity contribution in [2.24, 2.45) is 4.99 Å². The van der Waals surface area contributed by atoms with Crippen molar-refractivity contribution in [3.8, 4) is 0 Å². The summed E-state index contributed by atoms with van der Waals surface area (Å²) in [5, 5.41) is 5.36. The number of nitrogens with zero attached hydrogens (tertiary/aromatic N) is 3. The molecule has 3 rings (SSSR count). The molecule has 1 aliphatic rings. The van der Waals surface area contributed by atoms with Crippen LogP contribution < -0.4 is 10.6 Å². The molecule has 1 aromatic carbocycles. The van der Waals surface area contributed by atoms with Gasteiger partial charge in [-0.1, -0.05) is 30.0 Å². The first-order chi connectivity index (χ1) is 11.6. The van der Waals surface area contributed by atoms with Gasteiger partial charge in [0, 0.05) is 24.5 Å². The molecule has 2 heterocycles. The highest BCUT2D eigenvalue weighted by molar-refractivity contribution is 8.15. The van der Waals surface area contributed by atoms with E-state index in [-0.39, 0.29) is 24.2 Å². The fourth-order valence-electron chi connectivity index (χ4n) is 2.11. The van der Waals surface area contributed by atoms with Crippen molar-refractivity contribution in [1.82, 2.24) is 15.3 Å². The van der Waals surface area contributed by atoms with E-state index in [1.807, 2.05) is 31.2 Å². The van der Waals surface area contributed by atoms with Gasteiger partial charge in [0.25, 0.3) is 5.95 Å². The summed E-state index contributed by atoms with van der Waals surface area (Å²) in [6.45, 7) is 1.91. The van der Waals surface area contributed by atoms with E-state index in [9.17, 15) is 9.59 Å². The van der Waals surface area contributed by atoms with Crippen molar-refractivity contribution in [3.05, 3.63) is 48.3 Å². The first-order valence-corrected chi connectivity index (χ1v) is 8.18. The van der Waals surface area contributed by atoms with Crippen molar-refractivity contribution in [2.75, 3.05) is 5.32 Å². The molecule has 2 aromatic rings. The number of anilines is 1. The number of amides is 2. The van der Waals surface area contributed by atoms with Crippen molar-refractivity contribution in [3.63, 3.8) is 0 Å². The number of thioether (sulfide) groups is 1. The molecule has 1 saturated heterocycles. The summed E-state index contributed by atoms with van der Waals surface area (Å²) in [6, 6.07) is 9.18. The molecular formula is C16H15N5O2S. The summed E-state index contributed by atoms with van der Waals surface area (Å²) < 4.78 is 0. The third kappa shape index (κ3) is 3.96. The van der Waals surface area contributed by atoms with Crippen LogP contribution in [0.25, 0.3) is 0 Å². The average molecular weight is 341 g/mol. The first-order valence-electron chi connectivity index (χ1n) is 7.30. The zero-order valence-electron chi connectivity index (χ0n) is 12.9. The monoisotopic (exact) mass is 341 g/mol. The smallest absolute Gasteiger partial charge is 0.251 e. The van der Waals surface area contributed by atoms with E-state index >= 15 is 0 Å². The van der Waals surface area contributed by atoms with E-state index < -0.39 is 5.25 Å². The molecule has 24 heavy (non-hydrogen) atoms. The molecule has 2 amide bonds. The summed E-state index contributed by atoms with van der Waals surface area (Å²) in [6.07, 6.45) is 3.21. The Balaban J connectivity index is 1.62. The summed E-state index contributed by atoms with van der Waals surface area (Å²) in [5.41, 5.74) is 1.72. The lowest BCUT2D eigenvalue weighted by Crippen LogP contribution is -2.28. The Kier molecular flexibility index (Phi) is 4.85. The number of rotatable bonds is 4. The zero-order chi connectivity index (χ0) is 16.9. The maximum absolute atomic E-state index is 12.2. The van der Waals surface area contributed by atoms with Crippen LogP contribution in [0.2, 0.25) is 0 Å². The number of nitrogens with one attached hydrogen (secondary N) is 2. The van der Waals surface area contributed by atoms with Crippen LogP contribution in [0.1, 0.15) is 12.0 Å². The predicted molar refractivity (Wildman–Crippen MR) is 93.1 cm³/mol. The second-order valence-electron chi connectivity index (χ2n) is 5.13. The van der Waals surface area contributed by atoms with Gasteiger partial charge in [-0.05, 0) is 24.6 Å². The van der Waals surface area contributed by atoms with E-state index in [4.69, 9.17) is 0 Å². The topological polar surface area (TPSA) is 96.3 Å². The Hall–Kier alpha value is -2.74. The van der Waals surface area contributed by atoms with E-state index in [0.29, 0.717) is 5.17 Å². The third-order valence-electron chi connectivity index (χ3n) is 3.32. The summed E-state index contributed by atoms with van der Waals surface area (Å²) in [5.74, 6) is -0.186. The first kappa shape index (κ1) is 16.1. The minimum Gasteiger partial charge on any atom is -0.326 e. The van der Waals surface area contributed by atoms with E-state index in [1.165, 1.54) is 11.8 Å². The van der Waals surface area contributed by atoms with Crippen LogP contribution in [0.3, 0.4) is 0 Å². The number of benzene rings is 1. The Morgan fingerprint density at radius 2 is 2.04 bits per heavy atom. The van der Waals surface area contributed by atoms with Gasteiger partial charge in [-0.25, -0.2) is 9.97 Å². The van der Waals surface area contributed by atoms with Crippen LogP contribution in [0, 0.1) is 6.92 Å². The summed E-state index contributed by atoms with van der Waals surface area (Å²) in [4.78, 5) is 36.3. The molecule has 1 unspecified atom stereocenters. The minimum atomic E-state index is -0.517. The van der Waals surface area contributed by atoms with Crippen molar-refractivity contribution >= 4 is 40.4 Å². The predicted octanol–water partition coefficient (Wildman–Crippen LogP) is 2.03. The molecule has 8 heteroatoms. The molecule has 1 aliphatic heterocycles. The molecule has 0 bridgehead atoms. The third-order valence-corrected chi connectivity index (χ3v) is 4.40. The molecular weight excluding hydrogens is 326 g/mol. The number of carbonyl (C=O) groups excluding carboxylic acids is 2. The van der Waals surface area contributed by atoms with Crippen LogP contribution in [0.15, 0.2) is 47.7 Å². The van der Waals surface area contributed by atoms with Crippen LogP contribution in [-0.2, 0) is 9.59 Å². The lowest BCUT2D eigenvalue weighted by atomic mass is 10.2. The van der Waals surface area contributed by atoms with Crippen molar-refractivity contribution in [1.29, 1.82) is 0 Å². The van der Waals surface area contributed by atoms with Gasteiger partial charge in [-0.3, -0.25) is 9.59 Å². The van der Waals surface area contributed by atoms with E-state index in [0.717, 1.165) is 11.3 Å². The van der Waals surface area contributed by atoms with Gasteiger partial charge >= 0.3 is 0 Å². The lowest BCUT2D eigenvalue weighted by molar-refractivity contribution is -0.122. The molecule has 1 aromatic heterocycles. The number of aromatic nitrogens is 2. The maximum atomic E-state index is 12.2. The van der Waals surface area contributed by atoms with Gasteiger partial charge in [0.2, 0.25) is 11.8 Å². The van der Waals surface area contributed by atoms with Gasteiger partial charge in [0.15, 0.2) is 5.17 Å². The summed E-state index contributed by atoms with van der Waals surface area (Å²) >= 11 is 1.21. The fraction of sp³-hybridized carbons (Fsp3) is 0.188. The molecule has 2 N–H and O–H groups in total. The molecule has 122 valence electrons. The SMILES string of the molecule is Cc1ccccc1NC(=O)CC1S/C(=N\c2ncccn2)NC1=O. The van der Waals surface area contributed by atoms with Crippen molar-refractivity contribution < 1.29 is 9.59 Å². The molecule has 0 aliphatic carbocycles. The minimum absolute atomic E-state index is 0.0689. The molecule has 0 saturated carbocycles. The number of hydrogen-bond acceptors (Lipinski definition) is 6. The van der Waals surface area contributed by atoms with Gasteiger partial charge in [0.05, 0.1) is 0 Å². The Labute approximate surface area is 143 Å². The fourth-order valence-corrected chi connectivity index (χ4v) is 3.08. The molecule has 7 nitrogen and oxygen atoms in total. The average Bonchev–Trinajstić information content (AvgIpc) is 2.90. The zero-order valence-corrected chi connectivity index (χ0v) is 13.7.